The van der Waals surface area contributed by atoms with Crippen LogP contribution in [0.2, 0.25) is 0 Å². The number of nitrogens with one attached hydrogen (secondary N) is 2. The molecule has 2 heterocycles. The van der Waals surface area contributed by atoms with E-state index in [1.54, 1.807) is 18.2 Å². The number of rotatable bonds is 4. The van der Waals surface area contributed by atoms with E-state index in [2.05, 4.69) is 15.5 Å². The fourth-order valence-corrected chi connectivity index (χ4v) is 4.36. The van der Waals surface area contributed by atoms with E-state index >= 15 is 0 Å². The number of hydrogen-bond acceptors (Lipinski definition) is 3. The highest BCUT2D eigenvalue weighted by Crippen LogP contribution is 2.21. The molecule has 0 atom stereocenters. The van der Waals surface area contributed by atoms with Crippen LogP contribution in [0.25, 0.3) is 0 Å². The van der Waals surface area contributed by atoms with Gasteiger partial charge in [0, 0.05) is 36.4 Å². The second-order valence-corrected chi connectivity index (χ2v) is 9.86. The lowest BCUT2D eigenvalue weighted by molar-refractivity contribution is 0.0919. The Kier molecular flexibility index (Phi) is 7.75. The molecule has 0 bridgehead atoms. The molecule has 2 aliphatic heterocycles. The average molecular weight is 415 g/mol. The molecule has 166 valence electrons. The number of urea groups is 1. The molecule has 2 saturated heterocycles. The summed E-state index contributed by atoms with van der Waals surface area (Å²) >= 11 is 0. The van der Waals surface area contributed by atoms with Crippen molar-refractivity contribution in [3.63, 3.8) is 0 Å². The van der Waals surface area contributed by atoms with Gasteiger partial charge in [-0.25, -0.2) is 4.79 Å². The van der Waals surface area contributed by atoms with E-state index in [0.717, 1.165) is 25.9 Å². The number of piperidine rings is 1. The minimum atomic E-state index is -0.298. The zero-order chi connectivity index (χ0) is 21.6. The first-order valence-electron chi connectivity index (χ1n) is 11.5. The minimum Gasteiger partial charge on any atom is -0.347 e. The van der Waals surface area contributed by atoms with Gasteiger partial charge in [0.25, 0.3) is 5.91 Å². The molecule has 2 aliphatic rings. The highest BCUT2D eigenvalue weighted by Gasteiger charge is 2.25. The van der Waals surface area contributed by atoms with Gasteiger partial charge >= 0.3 is 6.03 Å². The summed E-state index contributed by atoms with van der Waals surface area (Å²) in [6.07, 6.45) is 7.53. The molecule has 3 amide bonds. The van der Waals surface area contributed by atoms with Crippen LogP contribution in [0, 0.1) is 5.92 Å². The minimum absolute atomic E-state index is 0.0726. The second-order valence-electron chi connectivity index (χ2n) is 9.86. The van der Waals surface area contributed by atoms with Crippen molar-refractivity contribution in [2.24, 2.45) is 5.92 Å². The number of likely N-dealkylation sites (tertiary alicyclic amines) is 2. The van der Waals surface area contributed by atoms with E-state index in [9.17, 15) is 9.59 Å². The molecule has 1 aromatic carbocycles. The Hall–Kier alpha value is -2.08. The normalized spacial score (nSPS) is 19.2. The summed E-state index contributed by atoms with van der Waals surface area (Å²) in [6, 6.07) is 7.07. The van der Waals surface area contributed by atoms with Crippen molar-refractivity contribution in [2.45, 2.75) is 64.8 Å². The first kappa shape index (κ1) is 22.6. The number of amides is 3. The lowest BCUT2D eigenvalue weighted by atomic mass is 9.96. The summed E-state index contributed by atoms with van der Waals surface area (Å²) in [5.41, 5.74) is 0.917. The van der Waals surface area contributed by atoms with Crippen LogP contribution in [0.1, 0.15) is 69.7 Å². The molecule has 6 heteroatoms. The third kappa shape index (κ3) is 7.01. The smallest absolute Gasteiger partial charge is 0.321 e. The number of carbonyl (C=O) groups excluding carboxylic acids is 2. The number of nitrogens with zero attached hydrogens (tertiary/aromatic N) is 2. The van der Waals surface area contributed by atoms with Crippen LogP contribution in [0.4, 0.5) is 10.5 Å². The van der Waals surface area contributed by atoms with E-state index in [-0.39, 0.29) is 17.5 Å². The Morgan fingerprint density at radius 1 is 1.00 bits per heavy atom. The topological polar surface area (TPSA) is 64.7 Å². The van der Waals surface area contributed by atoms with Crippen molar-refractivity contribution >= 4 is 17.6 Å². The SMILES string of the molecule is CC(C)(C)NC(=O)c1cccc(NC(=O)N2CCC(CN3CCCCCC3)CC2)c1. The summed E-state index contributed by atoms with van der Waals surface area (Å²) in [6.45, 7) is 11.1. The van der Waals surface area contributed by atoms with E-state index in [4.69, 9.17) is 0 Å². The lowest BCUT2D eigenvalue weighted by Crippen LogP contribution is -2.43. The van der Waals surface area contributed by atoms with Gasteiger partial charge in [-0.15, -0.1) is 0 Å². The Bertz CT molecular complexity index is 712. The zero-order valence-electron chi connectivity index (χ0n) is 18.9. The molecule has 0 radical (unpaired) electrons. The molecule has 0 spiro atoms. The highest BCUT2D eigenvalue weighted by atomic mass is 16.2. The summed E-state index contributed by atoms with van der Waals surface area (Å²) < 4.78 is 0. The van der Waals surface area contributed by atoms with Gasteiger partial charge in [-0.2, -0.15) is 0 Å². The van der Waals surface area contributed by atoms with Gasteiger partial charge in [-0.1, -0.05) is 18.9 Å². The predicted molar refractivity (Wildman–Crippen MR) is 122 cm³/mol. The molecular weight excluding hydrogens is 376 g/mol. The maximum atomic E-state index is 12.7. The molecule has 30 heavy (non-hydrogen) atoms. The van der Waals surface area contributed by atoms with Crippen LogP contribution in [0.5, 0.6) is 0 Å². The third-order valence-corrected chi connectivity index (χ3v) is 5.98. The fourth-order valence-electron chi connectivity index (χ4n) is 4.36. The van der Waals surface area contributed by atoms with Crippen molar-refractivity contribution < 1.29 is 9.59 Å². The number of anilines is 1. The van der Waals surface area contributed by atoms with Gasteiger partial charge in [0.1, 0.15) is 0 Å². The van der Waals surface area contributed by atoms with Gasteiger partial charge in [-0.05, 0) is 83.7 Å². The first-order chi connectivity index (χ1) is 14.3. The van der Waals surface area contributed by atoms with Crippen LogP contribution < -0.4 is 10.6 Å². The quantitative estimate of drug-likeness (QED) is 0.770. The number of carbonyl (C=O) groups is 2. The predicted octanol–water partition coefficient (Wildman–Crippen LogP) is 4.33. The van der Waals surface area contributed by atoms with Crippen LogP contribution in [0.3, 0.4) is 0 Å². The molecular formula is C24H38N4O2. The van der Waals surface area contributed by atoms with Crippen molar-refractivity contribution in [1.29, 1.82) is 0 Å². The third-order valence-electron chi connectivity index (χ3n) is 5.98. The number of hydrogen-bond donors (Lipinski definition) is 2. The molecule has 3 rings (SSSR count). The Labute approximate surface area is 181 Å². The summed E-state index contributed by atoms with van der Waals surface area (Å²) in [5, 5.41) is 5.93. The summed E-state index contributed by atoms with van der Waals surface area (Å²) in [5.74, 6) is 0.560. The van der Waals surface area contributed by atoms with E-state index in [1.165, 1.54) is 45.3 Å². The van der Waals surface area contributed by atoms with E-state index in [1.807, 2.05) is 31.7 Å². The van der Waals surface area contributed by atoms with Crippen LogP contribution in [-0.4, -0.2) is 60.0 Å². The molecule has 0 unspecified atom stereocenters. The van der Waals surface area contributed by atoms with E-state index in [0.29, 0.717) is 17.2 Å². The molecule has 0 aromatic heterocycles. The van der Waals surface area contributed by atoms with Crippen molar-refractivity contribution in [1.82, 2.24) is 15.1 Å². The second kappa shape index (κ2) is 10.3. The lowest BCUT2D eigenvalue weighted by Gasteiger charge is -2.34. The van der Waals surface area contributed by atoms with Gasteiger partial charge in [-0.3, -0.25) is 4.79 Å². The van der Waals surface area contributed by atoms with Gasteiger partial charge < -0.3 is 20.4 Å². The highest BCUT2D eigenvalue weighted by molar-refractivity contribution is 5.97. The van der Waals surface area contributed by atoms with Gasteiger partial charge in [0.2, 0.25) is 0 Å². The Morgan fingerprint density at radius 3 is 2.30 bits per heavy atom. The standard InChI is InChI=1S/C24H38N4O2/c1-24(2,3)26-22(29)20-9-8-10-21(17-20)25-23(30)28-15-11-19(12-16-28)18-27-13-6-4-5-7-14-27/h8-10,17,19H,4-7,11-16,18H2,1-3H3,(H,25,30)(H,26,29). The van der Waals surface area contributed by atoms with Crippen molar-refractivity contribution in [3.8, 4) is 0 Å². The molecule has 2 fully saturated rings. The maximum absolute atomic E-state index is 12.7. The van der Waals surface area contributed by atoms with Crippen molar-refractivity contribution in [3.05, 3.63) is 29.8 Å². The Morgan fingerprint density at radius 2 is 1.67 bits per heavy atom. The fraction of sp³-hybridized carbons (Fsp3) is 0.667. The van der Waals surface area contributed by atoms with E-state index < -0.39 is 0 Å². The largest absolute Gasteiger partial charge is 0.347 e. The number of benzene rings is 1. The van der Waals surface area contributed by atoms with Gasteiger partial charge in [0.05, 0.1) is 0 Å². The van der Waals surface area contributed by atoms with Crippen LogP contribution >= 0.6 is 0 Å². The summed E-state index contributed by atoms with van der Waals surface area (Å²) in [4.78, 5) is 29.6. The zero-order valence-corrected chi connectivity index (χ0v) is 18.9. The monoisotopic (exact) mass is 414 g/mol. The molecule has 0 saturated carbocycles. The molecule has 2 N–H and O–H groups in total. The molecule has 6 nitrogen and oxygen atoms in total. The maximum Gasteiger partial charge on any atom is 0.321 e. The first-order valence-corrected chi connectivity index (χ1v) is 11.5. The Balaban J connectivity index is 1.47. The van der Waals surface area contributed by atoms with Crippen LogP contribution in [0.15, 0.2) is 24.3 Å². The molecule has 0 aliphatic carbocycles. The molecule has 1 aromatic rings. The van der Waals surface area contributed by atoms with Gasteiger partial charge in [0.15, 0.2) is 0 Å². The average Bonchev–Trinajstić information content (AvgIpc) is 2.96. The van der Waals surface area contributed by atoms with Crippen molar-refractivity contribution in [2.75, 3.05) is 38.0 Å². The summed E-state index contributed by atoms with van der Waals surface area (Å²) in [7, 11) is 0. The van der Waals surface area contributed by atoms with Crippen LogP contribution in [-0.2, 0) is 0 Å².